The standard InChI is InChI=1S/C19H25N3O2S/c1-19(2,3)15-4-6-16(7-5-15)24-14-17(23)21-9-11-22(12-10-21)18-20-8-13-25-18/h4-8,13H,9-12,14H2,1-3H3. The third-order valence-corrected chi connectivity index (χ3v) is 5.24. The van der Waals surface area contributed by atoms with Crippen LogP contribution in [-0.4, -0.2) is 48.6 Å². The number of benzene rings is 1. The molecule has 0 N–H and O–H groups in total. The third kappa shape index (κ3) is 4.51. The van der Waals surface area contributed by atoms with E-state index >= 15 is 0 Å². The molecule has 1 saturated heterocycles. The van der Waals surface area contributed by atoms with Gasteiger partial charge in [0.1, 0.15) is 5.75 Å². The van der Waals surface area contributed by atoms with Crippen LogP contribution in [0.3, 0.4) is 0 Å². The van der Waals surface area contributed by atoms with Crippen molar-refractivity contribution in [3.63, 3.8) is 0 Å². The summed E-state index contributed by atoms with van der Waals surface area (Å²) < 4.78 is 5.67. The molecule has 3 rings (SSSR count). The molecule has 1 aromatic carbocycles. The summed E-state index contributed by atoms with van der Waals surface area (Å²) in [6.07, 6.45) is 1.82. The Morgan fingerprint density at radius 2 is 1.84 bits per heavy atom. The predicted octanol–water partition coefficient (Wildman–Crippen LogP) is 3.17. The minimum absolute atomic E-state index is 0.0405. The number of rotatable bonds is 4. The summed E-state index contributed by atoms with van der Waals surface area (Å²) in [4.78, 5) is 20.8. The van der Waals surface area contributed by atoms with Gasteiger partial charge in [-0.3, -0.25) is 4.79 Å². The molecule has 0 atom stereocenters. The van der Waals surface area contributed by atoms with E-state index in [1.165, 1.54) is 5.56 Å². The van der Waals surface area contributed by atoms with Gasteiger partial charge in [-0.25, -0.2) is 4.98 Å². The maximum Gasteiger partial charge on any atom is 0.260 e. The smallest absolute Gasteiger partial charge is 0.260 e. The van der Waals surface area contributed by atoms with E-state index < -0.39 is 0 Å². The number of aromatic nitrogens is 1. The number of amides is 1. The molecule has 2 aromatic rings. The number of anilines is 1. The van der Waals surface area contributed by atoms with Gasteiger partial charge in [0.25, 0.3) is 5.91 Å². The van der Waals surface area contributed by atoms with Gasteiger partial charge in [-0.15, -0.1) is 11.3 Å². The molecule has 134 valence electrons. The Morgan fingerprint density at radius 1 is 1.16 bits per heavy atom. The quantitative estimate of drug-likeness (QED) is 0.841. The van der Waals surface area contributed by atoms with E-state index in [0.29, 0.717) is 13.1 Å². The zero-order chi connectivity index (χ0) is 17.9. The van der Waals surface area contributed by atoms with Gasteiger partial charge in [0, 0.05) is 37.8 Å². The lowest BCUT2D eigenvalue weighted by atomic mass is 9.87. The third-order valence-electron chi connectivity index (χ3n) is 4.40. The first kappa shape index (κ1) is 17.7. The van der Waals surface area contributed by atoms with Gasteiger partial charge in [-0.2, -0.15) is 0 Å². The zero-order valence-corrected chi connectivity index (χ0v) is 15.9. The first-order chi connectivity index (χ1) is 11.9. The molecule has 1 fully saturated rings. The predicted molar refractivity (Wildman–Crippen MR) is 102 cm³/mol. The summed E-state index contributed by atoms with van der Waals surface area (Å²) >= 11 is 1.64. The number of nitrogens with zero attached hydrogens (tertiary/aromatic N) is 3. The molecule has 0 aliphatic carbocycles. The van der Waals surface area contributed by atoms with E-state index in [-0.39, 0.29) is 17.9 Å². The van der Waals surface area contributed by atoms with Crippen LogP contribution in [0.2, 0.25) is 0 Å². The fourth-order valence-corrected chi connectivity index (χ4v) is 3.50. The Kier molecular flexibility index (Phi) is 5.27. The van der Waals surface area contributed by atoms with Gasteiger partial charge in [0.2, 0.25) is 0 Å². The Balaban J connectivity index is 1.47. The van der Waals surface area contributed by atoms with Crippen LogP contribution < -0.4 is 9.64 Å². The van der Waals surface area contributed by atoms with Crippen molar-refractivity contribution >= 4 is 22.4 Å². The van der Waals surface area contributed by atoms with Crippen molar-refractivity contribution in [2.45, 2.75) is 26.2 Å². The van der Waals surface area contributed by atoms with E-state index in [4.69, 9.17) is 4.74 Å². The van der Waals surface area contributed by atoms with Gasteiger partial charge in [0.05, 0.1) is 0 Å². The van der Waals surface area contributed by atoms with Gasteiger partial charge in [-0.1, -0.05) is 32.9 Å². The highest BCUT2D eigenvalue weighted by Crippen LogP contribution is 2.24. The van der Waals surface area contributed by atoms with Crippen molar-refractivity contribution in [3.05, 3.63) is 41.4 Å². The van der Waals surface area contributed by atoms with Crippen molar-refractivity contribution < 1.29 is 9.53 Å². The largest absolute Gasteiger partial charge is 0.484 e. The Bertz CT molecular complexity index is 684. The number of piperazine rings is 1. The minimum Gasteiger partial charge on any atom is -0.484 e. The Hall–Kier alpha value is -2.08. The minimum atomic E-state index is 0.0405. The van der Waals surface area contributed by atoms with Crippen LogP contribution in [-0.2, 0) is 10.2 Å². The molecular formula is C19H25N3O2S. The summed E-state index contributed by atoms with van der Waals surface area (Å²) in [5, 5.41) is 3.01. The molecule has 0 bridgehead atoms. The van der Waals surface area contributed by atoms with Crippen LogP contribution in [0.15, 0.2) is 35.8 Å². The Labute approximate surface area is 153 Å². The van der Waals surface area contributed by atoms with Crippen LogP contribution in [0.25, 0.3) is 0 Å². The van der Waals surface area contributed by atoms with Gasteiger partial charge in [0.15, 0.2) is 11.7 Å². The van der Waals surface area contributed by atoms with E-state index in [1.807, 2.05) is 28.6 Å². The Morgan fingerprint density at radius 3 is 2.40 bits per heavy atom. The maximum atomic E-state index is 12.4. The van der Waals surface area contributed by atoms with Gasteiger partial charge < -0.3 is 14.5 Å². The number of ether oxygens (including phenoxy) is 1. The van der Waals surface area contributed by atoms with Crippen molar-refractivity contribution in [3.8, 4) is 5.75 Å². The normalized spacial score (nSPS) is 15.3. The van der Waals surface area contributed by atoms with Crippen LogP contribution >= 0.6 is 11.3 Å². The molecule has 0 radical (unpaired) electrons. The van der Waals surface area contributed by atoms with Crippen LogP contribution in [0, 0.1) is 0 Å². The second-order valence-corrected chi connectivity index (χ2v) is 8.12. The number of hydrogen-bond acceptors (Lipinski definition) is 5. The van der Waals surface area contributed by atoms with Crippen molar-refractivity contribution in [1.29, 1.82) is 0 Å². The lowest BCUT2D eigenvalue weighted by Gasteiger charge is -2.34. The molecule has 0 saturated carbocycles. The summed E-state index contributed by atoms with van der Waals surface area (Å²) in [7, 11) is 0. The van der Waals surface area contributed by atoms with E-state index in [0.717, 1.165) is 24.0 Å². The molecule has 2 heterocycles. The number of hydrogen-bond donors (Lipinski definition) is 0. The SMILES string of the molecule is CC(C)(C)c1ccc(OCC(=O)N2CCN(c3nccs3)CC2)cc1. The fraction of sp³-hybridized carbons (Fsp3) is 0.474. The highest BCUT2D eigenvalue weighted by molar-refractivity contribution is 7.13. The highest BCUT2D eigenvalue weighted by Gasteiger charge is 2.22. The molecule has 25 heavy (non-hydrogen) atoms. The maximum absolute atomic E-state index is 12.4. The monoisotopic (exact) mass is 359 g/mol. The van der Waals surface area contributed by atoms with E-state index in [9.17, 15) is 4.79 Å². The molecule has 0 unspecified atom stereocenters. The molecule has 5 nitrogen and oxygen atoms in total. The summed E-state index contributed by atoms with van der Waals surface area (Å²) in [6, 6.07) is 8.00. The second kappa shape index (κ2) is 7.44. The molecule has 1 aromatic heterocycles. The van der Waals surface area contributed by atoms with Crippen molar-refractivity contribution in [2.75, 3.05) is 37.7 Å². The lowest BCUT2D eigenvalue weighted by molar-refractivity contribution is -0.133. The summed E-state index contributed by atoms with van der Waals surface area (Å²) in [5.41, 5.74) is 1.37. The van der Waals surface area contributed by atoms with Crippen molar-refractivity contribution in [2.24, 2.45) is 0 Å². The molecular weight excluding hydrogens is 334 g/mol. The van der Waals surface area contributed by atoms with E-state index in [1.54, 1.807) is 11.3 Å². The summed E-state index contributed by atoms with van der Waals surface area (Å²) in [6.45, 7) is 9.69. The lowest BCUT2D eigenvalue weighted by Crippen LogP contribution is -2.50. The highest BCUT2D eigenvalue weighted by atomic mass is 32.1. The second-order valence-electron chi connectivity index (χ2n) is 7.25. The number of carbonyl (C=O) groups is 1. The average Bonchev–Trinajstić information content (AvgIpc) is 3.14. The average molecular weight is 359 g/mol. The van der Waals surface area contributed by atoms with Gasteiger partial charge >= 0.3 is 0 Å². The molecule has 1 amide bonds. The summed E-state index contributed by atoms with van der Waals surface area (Å²) in [5.74, 6) is 0.779. The molecule has 6 heteroatoms. The first-order valence-corrected chi connectivity index (χ1v) is 9.47. The van der Waals surface area contributed by atoms with Crippen LogP contribution in [0.4, 0.5) is 5.13 Å². The molecule has 1 aliphatic heterocycles. The zero-order valence-electron chi connectivity index (χ0n) is 15.1. The van der Waals surface area contributed by atoms with E-state index in [2.05, 4.69) is 42.8 Å². The van der Waals surface area contributed by atoms with Crippen LogP contribution in [0.5, 0.6) is 5.75 Å². The molecule has 1 aliphatic rings. The fourth-order valence-electron chi connectivity index (χ4n) is 2.81. The first-order valence-electron chi connectivity index (χ1n) is 8.59. The topological polar surface area (TPSA) is 45.7 Å². The van der Waals surface area contributed by atoms with Crippen molar-refractivity contribution in [1.82, 2.24) is 9.88 Å². The van der Waals surface area contributed by atoms with Gasteiger partial charge in [-0.05, 0) is 23.1 Å². The molecule has 0 spiro atoms. The van der Waals surface area contributed by atoms with Crippen LogP contribution in [0.1, 0.15) is 26.3 Å². The number of thiazole rings is 1. The number of carbonyl (C=O) groups excluding carboxylic acids is 1.